The van der Waals surface area contributed by atoms with Crippen LogP contribution in [0, 0.1) is 11.3 Å². The van der Waals surface area contributed by atoms with E-state index in [-0.39, 0.29) is 0 Å². The molecule has 4 aromatic carbocycles. The molecular weight excluding hydrogens is 447 g/mol. The smallest absolute Gasteiger partial charge is 0.344 e. The fraction of sp³-hybridized carbons (Fsp3) is 0. The zero-order valence-corrected chi connectivity index (χ0v) is 19.1. The largest absolute Gasteiger partial charge is 0.423 e. The van der Waals surface area contributed by atoms with E-state index >= 15 is 0 Å². The average molecular weight is 464 g/mol. The Balaban J connectivity index is 1.53. The van der Waals surface area contributed by atoms with Crippen LogP contribution >= 0.6 is 19.3 Å². The molecule has 6 heteroatoms. The maximum atomic E-state index is 13.3. The van der Waals surface area contributed by atoms with E-state index in [0.717, 1.165) is 20.6 Å². The highest BCUT2D eigenvalue weighted by atomic mass is 32.1. The number of rotatable bonds is 5. The number of nitrogens with zero attached hydrogens (tertiary/aromatic N) is 2. The Morgan fingerprint density at radius 2 is 1.48 bits per heavy atom. The molecule has 0 fully saturated rings. The predicted octanol–water partition coefficient (Wildman–Crippen LogP) is 5.15. The first kappa shape index (κ1) is 21.0. The summed E-state index contributed by atoms with van der Waals surface area (Å²) in [5, 5.41) is 12.7. The van der Waals surface area contributed by atoms with E-state index in [2.05, 4.69) is 35.3 Å². The van der Waals surface area contributed by atoms with E-state index in [9.17, 15) is 4.79 Å². The summed E-state index contributed by atoms with van der Waals surface area (Å²) in [5.41, 5.74) is 1.26. The lowest BCUT2D eigenvalue weighted by Crippen LogP contribution is -2.26. The molecular formula is C27H17N2O2PS. The molecule has 0 N–H and O–H groups in total. The molecule has 0 saturated carbocycles. The first-order chi connectivity index (χ1) is 16.2. The normalized spacial score (nSPS) is 10.8. The highest BCUT2D eigenvalue weighted by Gasteiger charge is 2.23. The third kappa shape index (κ3) is 4.40. The van der Waals surface area contributed by atoms with E-state index in [1.807, 2.05) is 60.7 Å². The number of aromatic nitrogens is 1. The Labute approximate surface area is 196 Å². The van der Waals surface area contributed by atoms with Gasteiger partial charge in [-0.15, -0.1) is 11.3 Å². The van der Waals surface area contributed by atoms with Crippen molar-refractivity contribution in [2.45, 2.75) is 0 Å². The van der Waals surface area contributed by atoms with Gasteiger partial charge in [-0.25, -0.2) is 9.78 Å². The molecule has 1 aromatic heterocycles. The van der Waals surface area contributed by atoms with Gasteiger partial charge in [0.2, 0.25) is 0 Å². The summed E-state index contributed by atoms with van der Waals surface area (Å²) in [5.74, 6) is 0.0218. The molecule has 5 aromatic rings. The molecule has 0 spiro atoms. The summed E-state index contributed by atoms with van der Waals surface area (Å²) in [7, 11) is -0.946. The average Bonchev–Trinajstić information content (AvgIpc) is 3.28. The van der Waals surface area contributed by atoms with Crippen molar-refractivity contribution in [1.82, 2.24) is 4.98 Å². The van der Waals surface area contributed by atoms with E-state index < -0.39 is 13.9 Å². The van der Waals surface area contributed by atoms with Crippen LogP contribution in [0.25, 0.3) is 10.2 Å². The van der Waals surface area contributed by atoms with Crippen LogP contribution in [-0.2, 0) is 0 Å². The Bertz CT molecular complexity index is 1440. The standard InChI is InChI=1S/C27H17N2O2PS/c28-18-26-29-23-16-15-19(17-25(23)33-26)31-27(30)22-13-7-8-14-24(22)32(20-9-3-1-4-10-20)21-11-5-2-6-12-21/h1-17H. The third-order valence-electron chi connectivity index (χ3n) is 5.06. The molecule has 0 amide bonds. The molecule has 0 aliphatic carbocycles. The number of hydrogen-bond donors (Lipinski definition) is 0. The van der Waals surface area contributed by atoms with Gasteiger partial charge in [-0.3, -0.25) is 0 Å². The van der Waals surface area contributed by atoms with Gasteiger partial charge in [0.05, 0.1) is 15.8 Å². The Morgan fingerprint density at radius 1 is 0.848 bits per heavy atom. The lowest BCUT2D eigenvalue weighted by Gasteiger charge is -2.21. The number of carbonyl (C=O) groups is 1. The molecule has 0 bridgehead atoms. The molecule has 0 aliphatic rings. The van der Waals surface area contributed by atoms with E-state index in [4.69, 9.17) is 10.00 Å². The van der Waals surface area contributed by atoms with Gasteiger partial charge >= 0.3 is 5.97 Å². The van der Waals surface area contributed by atoms with Gasteiger partial charge in [0.15, 0.2) is 5.01 Å². The van der Waals surface area contributed by atoms with Gasteiger partial charge in [0, 0.05) is 6.07 Å². The minimum absolute atomic E-state index is 0.384. The van der Waals surface area contributed by atoms with Gasteiger partial charge < -0.3 is 4.74 Å². The monoisotopic (exact) mass is 464 g/mol. The summed E-state index contributed by atoms with van der Waals surface area (Å²) in [6.07, 6.45) is 0. The van der Waals surface area contributed by atoms with Crippen LogP contribution < -0.4 is 20.7 Å². The van der Waals surface area contributed by atoms with Crippen LogP contribution in [0.2, 0.25) is 0 Å². The second-order valence-corrected chi connectivity index (χ2v) is 10.4. The molecule has 5 rings (SSSR count). The molecule has 0 radical (unpaired) electrons. The fourth-order valence-electron chi connectivity index (χ4n) is 3.60. The number of ether oxygens (including phenoxy) is 1. The first-order valence-electron chi connectivity index (χ1n) is 10.2. The van der Waals surface area contributed by atoms with Gasteiger partial charge in [-0.1, -0.05) is 78.9 Å². The van der Waals surface area contributed by atoms with Crippen molar-refractivity contribution in [3.8, 4) is 11.8 Å². The van der Waals surface area contributed by atoms with Gasteiger partial charge in [0.25, 0.3) is 0 Å². The van der Waals surface area contributed by atoms with E-state index in [1.54, 1.807) is 18.2 Å². The van der Waals surface area contributed by atoms with Crippen molar-refractivity contribution >= 4 is 51.4 Å². The van der Waals surface area contributed by atoms with Crippen LogP contribution in [-0.4, -0.2) is 11.0 Å². The number of benzene rings is 4. The van der Waals surface area contributed by atoms with Crippen LogP contribution in [0.1, 0.15) is 15.4 Å². The van der Waals surface area contributed by atoms with Crippen molar-refractivity contribution in [2.75, 3.05) is 0 Å². The fourth-order valence-corrected chi connectivity index (χ4v) is 6.83. The summed E-state index contributed by atoms with van der Waals surface area (Å²) in [6.45, 7) is 0. The van der Waals surface area contributed by atoms with Gasteiger partial charge in [-0.2, -0.15) is 5.26 Å². The van der Waals surface area contributed by atoms with Crippen molar-refractivity contribution in [1.29, 1.82) is 5.26 Å². The second kappa shape index (κ2) is 9.34. The molecule has 0 unspecified atom stereocenters. The van der Waals surface area contributed by atoms with Crippen molar-refractivity contribution in [2.24, 2.45) is 0 Å². The Kier molecular flexibility index (Phi) is 5.95. The maximum absolute atomic E-state index is 13.3. The second-order valence-electron chi connectivity index (χ2n) is 7.17. The summed E-state index contributed by atoms with van der Waals surface area (Å²) < 4.78 is 6.59. The van der Waals surface area contributed by atoms with Crippen LogP contribution in [0.3, 0.4) is 0 Å². The summed E-state index contributed by atoms with van der Waals surface area (Å²) in [6, 6.07) is 35.4. The Morgan fingerprint density at radius 3 is 2.15 bits per heavy atom. The van der Waals surface area contributed by atoms with Crippen LogP contribution in [0.5, 0.6) is 5.75 Å². The number of thiazole rings is 1. The van der Waals surface area contributed by atoms with Gasteiger partial charge in [-0.05, 0) is 42.0 Å². The minimum atomic E-state index is -0.946. The van der Waals surface area contributed by atoms with E-state index in [1.165, 1.54) is 11.3 Å². The van der Waals surface area contributed by atoms with Gasteiger partial charge in [0.1, 0.15) is 11.8 Å². The summed E-state index contributed by atoms with van der Waals surface area (Å²) >= 11 is 1.28. The zero-order chi connectivity index (χ0) is 22.6. The molecule has 1 heterocycles. The first-order valence-corrected chi connectivity index (χ1v) is 12.4. The predicted molar refractivity (Wildman–Crippen MR) is 134 cm³/mol. The molecule has 0 aliphatic heterocycles. The number of nitriles is 1. The summed E-state index contributed by atoms with van der Waals surface area (Å²) in [4.78, 5) is 17.6. The highest BCUT2D eigenvalue weighted by Crippen LogP contribution is 2.34. The van der Waals surface area contributed by atoms with Crippen molar-refractivity contribution < 1.29 is 9.53 Å². The lowest BCUT2D eigenvalue weighted by atomic mass is 10.2. The molecule has 4 nitrogen and oxygen atoms in total. The molecule has 0 atom stereocenters. The third-order valence-corrected chi connectivity index (χ3v) is 8.48. The van der Waals surface area contributed by atoms with Crippen molar-refractivity contribution in [3.05, 3.63) is 114 Å². The SMILES string of the molecule is N#Cc1nc2ccc(OC(=O)c3ccccc3P(c3ccccc3)c3ccccc3)cc2s1. The Hall–Kier alpha value is -3.84. The topological polar surface area (TPSA) is 63.0 Å². The van der Waals surface area contributed by atoms with Crippen LogP contribution in [0.15, 0.2) is 103 Å². The molecule has 158 valence electrons. The maximum Gasteiger partial charge on any atom is 0.344 e. The quantitative estimate of drug-likeness (QED) is 0.205. The minimum Gasteiger partial charge on any atom is -0.423 e. The number of fused-ring (bicyclic) bond motifs is 1. The number of carbonyl (C=O) groups excluding carboxylic acids is 1. The molecule has 33 heavy (non-hydrogen) atoms. The highest BCUT2D eigenvalue weighted by molar-refractivity contribution is 7.80. The van der Waals surface area contributed by atoms with Crippen molar-refractivity contribution in [3.63, 3.8) is 0 Å². The number of hydrogen-bond acceptors (Lipinski definition) is 5. The molecule has 0 saturated heterocycles. The zero-order valence-electron chi connectivity index (χ0n) is 17.4. The lowest BCUT2D eigenvalue weighted by molar-refractivity contribution is 0.0736. The number of esters is 1. The van der Waals surface area contributed by atoms with Crippen LogP contribution in [0.4, 0.5) is 0 Å². The van der Waals surface area contributed by atoms with E-state index in [0.29, 0.717) is 21.8 Å².